The number of benzene rings is 5. The molecular formula is C38H30O6. The van der Waals surface area contributed by atoms with Gasteiger partial charge in [0.2, 0.25) is 0 Å². The van der Waals surface area contributed by atoms with Gasteiger partial charge in [0.05, 0.1) is 39.4 Å². The van der Waals surface area contributed by atoms with E-state index in [1.807, 2.05) is 97.1 Å². The molecular weight excluding hydrogens is 552 g/mol. The number of rotatable bonds is 7. The summed E-state index contributed by atoms with van der Waals surface area (Å²) in [5.41, 5.74) is 5.80. The summed E-state index contributed by atoms with van der Waals surface area (Å²) in [6, 6.07) is 32.7. The van der Waals surface area contributed by atoms with Crippen LogP contribution in [0.4, 0.5) is 0 Å². The number of carboxylic acids is 1. The molecule has 1 aliphatic carbocycles. The summed E-state index contributed by atoms with van der Waals surface area (Å²) >= 11 is 0. The van der Waals surface area contributed by atoms with Crippen LogP contribution in [0.25, 0.3) is 11.1 Å². The topological polar surface area (TPSA) is 74.2 Å². The van der Waals surface area contributed by atoms with Crippen molar-refractivity contribution in [2.75, 3.05) is 28.4 Å². The summed E-state index contributed by atoms with van der Waals surface area (Å²) in [6.45, 7) is 0. The van der Waals surface area contributed by atoms with Gasteiger partial charge in [-0.3, -0.25) is 0 Å². The van der Waals surface area contributed by atoms with Crippen LogP contribution in [0.3, 0.4) is 0 Å². The maximum atomic E-state index is 12.8. The maximum absolute atomic E-state index is 12.8. The molecule has 0 bridgehead atoms. The number of aromatic carboxylic acids is 1. The second-order valence-electron chi connectivity index (χ2n) is 10.3. The zero-order chi connectivity index (χ0) is 30.8. The molecule has 0 saturated heterocycles. The highest BCUT2D eigenvalue weighted by molar-refractivity contribution is 5.97. The van der Waals surface area contributed by atoms with Gasteiger partial charge in [-0.2, -0.15) is 0 Å². The van der Waals surface area contributed by atoms with Crippen LogP contribution in [-0.4, -0.2) is 39.5 Å². The van der Waals surface area contributed by atoms with Gasteiger partial charge in [0.25, 0.3) is 0 Å². The molecule has 0 heterocycles. The molecule has 0 atom stereocenters. The van der Waals surface area contributed by atoms with Crippen molar-refractivity contribution >= 4 is 5.97 Å². The molecule has 5 aromatic rings. The lowest BCUT2D eigenvalue weighted by Crippen LogP contribution is -2.30. The minimum atomic E-state index is -1.06. The first-order valence-electron chi connectivity index (χ1n) is 14.0. The number of carbonyl (C=O) groups is 1. The van der Waals surface area contributed by atoms with Crippen LogP contribution in [0.1, 0.15) is 43.7 Å². The molecule has 0 aromatic heterocycles. The van der Waals surface area contributed by atoms with Gasteiger partial charge in [-0.05, 0) is 100 Å². The molecule has 6 nitrogen and oxygen atoms in total. The Morgan fingerprint density at radius 1 is 0.591 bits per heavy atom. The smallest absolute Gasteiger partial charge is 0.336 e. The van der Waals surface area contributed by atoms with Crippen LogP contribution in [0.15, 0.2) is 103 Å². The first kappa shape index (κ1) is 28.4. The Morgan fingerprint density at radius 2 is 1.07 bits per heavy atom. The van der Waals surface area contributed by atoms with E-state index < -0.39 is 11.4 Å². The summed E-state index contributed by atoms with van der Waals surface area (Å²) < 4.78 is 22.0. The van der Waals surface area contributed by atoms with Gasteiger partial charge in [0, 0.05) is 11.1 Å². The van der Waals surface area contributed by atoms with Gasteiger partial charge in [0.1, 0.15) is 23.0 Å². The van der Waals surface area contributed by atoms with E-state index in [4.69, 9.17) is 18.9 Å². The predicted molar refractivity (Wildman–Crippen MR) is 169 cm³/mol. The van der Waals surface area contributed by atoms with Gasteiger partial charge < -0.3 is 24.1 Å². The Balaban J connectivity index is 1.76. The average molecular weight is 583 g/mol. The van der Waals surface area contributed by atoms with Crippen molar-refractivity contribution in [1.29, 1.82) is 0 Å². The van der Waals surface area contributed by atoms with E-state index in [1.165, 1.54) is 0 Å². The van der Waals surface area contributed by atoms with E-state index >= 15 is 0 Å². The third-order valence-electron chi connectivity index (χ3n) is 8.20. The van der Waals surface area contributed by atoms with Crippen molar-refractivity contribution in [3.05, 3.63) is 142 Å². The second kappa shape index (κ2) is 11.5. The van der Waals surface area contributed by atoms with Crippen molar-refractivity contribution in [3.8, 4) is 46.0 Å². The van der Waals surface area contributed by atoms with E-state index in [0.717, 1.165) is 38.9 Å². The molecule has 0 saturated carbocycles. The van der Waals surface area contributed by atoms with Gasteiger partial charge >= 0.3 is 5.97 Å². The Labute approximate surface area is 256 Å². The summed E-state index contributed by atoms with van der Waals surface area (Å²) in [7, 11) is 6.51. The minimum absolute atomic E-state index is 0.121. The molecule has 44 heavy (non-hydrogen) atoms. The van der Waals surface area contributed by atoms with Crippen molar-refractivity contribution in [2.24, 2.45) is 0 Å². The summed E-state index contributed by atoms with van der Waals surface area (Å²) in [6.07, 6.45) is 0. The van der Waals surface area contributed by atoms with Gasteiger partial charge in [0.15, 0.2) is 0 Å². The molecule has 218 valence electrons. The van der Waals surface area contributed by atoms with E-state index in [9.17, 15) is 9.90 Å². The van der Waals surface area contributed by atoms with Crippen LogP contribution in [0.2, 0.25) is 0 Å². The first-order valence-corrected chi connectivity index (χ1v) is 14.0. The van der Waals surface area contributed by atoms with Crippen LogP contribution in [0.5, 0.6) is 23.0 Å². The standard InChI is InChI=1S/C38H30O6/c1-41-27-12-5-24(6-13-27)7-19-33-34(37(39)40)22-21-32-31-20-18-30(44-4)23-35(31)38(36(32)33,25-8-14-28(42-2)15-9-25)26-10-16-29(43-3)17-11-26/h5-6,8-18,20-23H,1-4H3,(H,39,40). The molecule has 0 aliphatic heterocycles. The fourth-order valence-corrected chi connectivity index (χ4v) is 6.11. The lowest BCUT2D eigenvalue weighted by atomic mass is 9.66. The molecule has 1 N–H and O–H groups in total. The van der Waals surface area contributed by atoms with Crippen LogP contribution in [-0.2, 0) is 5.41 Å². The number of ether oxygens (including phenoxy) is 4. The SMILES string of the molecule is COc1ccc(C#Cc2c(C(=O)O)ccc3c2C(c2ccc(OC)cc2)(c2ccc(OC)cc2)c2cc(OC)ccc2-3)cc1. The van der Waals surface area contributed by atoms with Gasteiger partial charge in [-0.25, -0.2) is 4.79 Å². The molecule has 0 unspecified atom stereocenters. The molecule has 1 aliphatic rings. The molecule has 0 spiro atoms. The summed E-state index contributed by atoms with van der Waals surface area (Å²) in [4.78, 5) is 12.8. The number of fused-ring (bicyclic) bond motifs is 3. The fourth-order valence-electron chi connectivity index (χ4n) is 6.11. The molecule has 0 radical (unpaired) electrons. The number of carboxylic acid groups (broad SMARTS) is 1. The van der Waals surface area contributed by atoms with Crippen LogP contribution >= 0.6 is 0 Å². The van der Waals surface area contributed by atoms with Crippen LogP contribution in [0, 0.1) is 11.8 Å². The highest BCUT2D eigenvalue weighted by Crippen LogP contribution is 2.58. The highest BCUT2D eigenvalue weighted by Gasteiger charge is 2.48. The average Bonchev–Trinajstić information content (AvgIpc) is 3.37. The lowest BCUT2D eigenvalue weighted by Gasteiger charge is -2.35. The Bertz CT molecular complexity index is 1860. The number of hydrogen-bond acceptors (Lipinski definition) is 5. The van der Waals surface area contributed by atoms with E-state index in [2.05, 4.69) is 11.8 Å². The Kier molecular flexibility index (Phi) is 7.46. The number of hydrogen-bond donors (Lipinski definition) is 1. The van der Waals surface area contributed by atoms with E-state index in [1.54, 1.807) is 34.5 Å². The maximum Gasteiger partial charge on any atom is 0.336 e. The van der Waals surface area contributed by atoms with E-state index in [0.29, 0.717) is 28.6 Å². The fraction of sp³-hybridized carbons (Fsp3) is 0.132. The van der Waals surface area contributed by atoms with Crippen LogP contribution < -0.4 is 18.9 Å². The van der Waals surface area contributed by atoms with Crippen molar-refractivity contribution in [3.63, 3.8) is 0 Å². The lowest BCUT2D eigenvalue weighted by molar-refractivity contribution is 0.0696. The molecule has 5 aromatic carbocycles. The first-order chi connectivity index (χ1) is 21.4. The third kappa shape index (κ3) is 4.60. The van der Waals surface area contributed by atoms with Gasteiger partial charge in [-0.1, -0.05) is 48.2 Å². The molecule has 6 heteroatoms. The molecule has 6 rings (SSSR count). The zero-order valence-electron chi connectivity index (χ0n) is 24.8. The zero-order valence-corrected chi connectivity index (χ0v) is 24.8. The van der Waals surface area contributed by atoms with E-state index in [-0.39, 0.29) is 5.56 Å². The number of methoxy groups -OCH3 is 4. The summed E-state index contributed by atoms with van der Waals surface area (Å²) in [5, 5.41) is 10.5. The van der Waals surface area contributed by atoms with Crippen molar-refractivity contribution in [2.45, 2.75) is 5.41 Å². The third-order valence-corrected chi connectivity index (χ3v) is 8.20. The Hall–Kier alpha value is -5.67. The molecule has 0 amide bonds. The second-order valence-corrected chi connectivity index (χ2v) is 10.3. The predicted octanol–water partition coefficient (Wildman–Crippen LogP) is 7.18. The van der Waals surface area contributed by atoms with Crippen molar-refractivity contribution < 1.29 is 28.8 Å². The Morgan fingerprint density at radius 3 is 1.57 bits per heavy atom. The monoisotopic (exact) mass is 582 g/mol. The normalized spacial score (nSPS) is 12.3. The molecule has 0 fully saturated rings. The minimum Gasteiger partial charge on any atom is -0.497 e. The quantitative estimate of drug-likeness (QED) is 0.201. The highest BCUT2D eigenvalue weighted by atomic mass is 16.5. The van der Waals surface area contributed by atoms with Gasteiger partial charge in [-0.15, -0.1) is 0 Å². The van der Waals surface area contributed by atoms with Crippen molar-refractivity contribution in [1.82, 2.24) is 0 Å². The summed E-state index contributed by atoms with van der Waals surface area (Å²) in [5.74, 6) is 8.29. The largest absolute Gasteiger partial charge is 0.497 e.